The highest BCUT2D eigenvalue weighted by Gasteiger charge is 2.16. The van der Waals surface area contributed by atoms with Crippen LogP contribution in [0.5, 0.6) is 0 Å². The molecule has 1 amide bonds. The summed E-state index contributed by atoms with van der Waals surface area (Å²) < 4.78 is 33.5. The number of amides is 1. The van der Waals surface area contributed by atoms with E-state index in [1.165, 1.54) is 36.4 Å². The first kappa shape index (κ1) is 19.4. The number of nitrogens with zero attached hydrogens (tertiary/aromatic N) is 1. The monoisotopic (exact) mass is 419 g/mol. The molecule has 3 N–H and O–H groups in total. The number of carbonyl (C=O) groups excluding carboxylic acids is 1. The topological polar surface area (TPSA) is 115 Å². The number of sulfonamides is 1. The molecule has 0 saturated carbocycles. The van der Waals surface area contributed by atoms with Crippen molar-refractivity contribution >= 4 is 21.6 Å². The van der Waals surface area contributed by atoms with Gasteiger partial charge < -0.3 is 10.2 Å². The zero-order valence-electron chi connectivity index (χ0n) is 15.6. The standard InChI is InChI=1S/C22H17N3O4S/c23-21(26)16-6-10-18(11-7-16)25-30(27,28)19-12-8-17(9-13-19)22-24-14-20(29-22)15-4-2-1-3-5-15/h1-14,25H,(H2,23,26). The van der Waals surface area contributed by atoms with Crippen molar-refractivity contribution in [3.8, 4) is 22.8 Å². The zero-order chi connectivity index (χ0) is 21.1. The fourth-order valence-electron chi connectivity index (χ4n) is 2.84. The molecule has 0 unspecified atom stereocenters. The lowest BCUT2D eigenvalue weighted by Crippen LogP contribution is -2.14. The first-order valence-corrected chi connectivity index (χ1v) is 10.4. The average Bonchev–Trinajstić information content (AvgIpc) is 3.25. The molecule has 0 fully saturated rings. The van der Waals surface area contributed by atoms with Crippen molar-refractivity contribution in [3.05, 3.63) is 90.6 Å². The predicted molar refractivity (Wildman–Crippen MR) is 113 cm³/mol. The molecule has 1 aromatic heterocycles. The van der Waals surface area contributed by atoms with Crippen LogP contribution in [-0.4, -0.2) is 19.3 Å². The van der Waals surface area contributed by atoms with Crippen molar-refractivity contribution in [2.45, 2.75) is 4.90 Å². The molecule has 7 nitrogen and oxygen atoms in total. The lowest BCUT2D eigenvalue weighted by atomic mass is 10.2. The third-order valence-electron chi connectivity index (χ3n) is 4.40. The lowest BCUT2D eigenvalue weighted by Gasteiger charge is -2.09. The fourth-order valence-corrected chi connectivity index (χ4v) is 3.90. The number of aromatic nitrogens is 1. The van der Waals surface area contributed by atoms with Crippen molar-refractivity contribution in [1.82, 2.24) is 4.98 Å². The van der Waals surface area contributed by atoms with Crippen LogP contribution in [0, 0.1) is 0 Å². The van der Waals surface area contributed by atoms with Crippen molar-refractivity contribution < 1.29 is 17.6 Å². The van der Waals surface area contributed by atoms with Crippen LogP contribution in [0.2, 0.25) is 0 Å². The molecule has 0 radical (unpaired) electrons. The summed E-state index contributed by atoms with van der Waals surface area (Å²) in [6.45, 7) is 0. The van der Waals surface area contributed by atoms with E-state index in [1.54, 1.807) is 18.3 Å². The fraction of sp³-hybridized carbons (Fsp3) is 0. The average molecular weight is 419 g/mol. The molecule has 8 heteroatoms. The Kier molecular flexibility index (Phi) is 5.07. The number of hydrogen-bond donors (Lipinski definition) is 2. The number of oxazole rings is 1. The Morgan fingerprint density at radius 1 is 0.867 bits per heavy atom. The van der Waals surface area contributed by atoms with E-state index < -0.39 is 15.9 Å². The molecule has 0 aliphatic carbocycles. The lowest BCUT2D eigenvalue weighted by molar-refractivity contribution is 0.100. The van der Waals surface area contributed by atoms with Gasteiger partial charge in [0.1, 0.15) is 0 Å². The molecule has 0 aliphatic rings. The van der Waals surface area contributed by atoms with Crippen LogP contribution in [0.15, 0.2) is 94.4 Å². The van der Waals surface area contributed by atoms with Crippen molar-refractivity contribution in [3.63, 3.8) is 0 Å². The van der Waals surface area contributed by atoms with Gasteiger partial charge in [-0.15, -0.1) is 0 Å². The molecule has 4 aromatic rings. The molecule has 150 valence electrons. The highest BCUT2D eigenvalue weighted by atomic mass is 32.2. The van der Waals surface area contributed by atoms with E-state index in [2.05, 4.69) is 9.71 Å². The van der Waals surface area contributed by atoms with Gasteiger partial charge in [0, 0.05) is 22.4 Å². The third-order valence-corrected chi connectivity index (χ3v) is 5.79. The first-order valence-electron chi connectivity index (χ1n) is 8.97. The summed E-state index contributed by atoms with van der Waals surface area (Å²) in [5.74, 6) is 0.443. The number of hydrogen-bond acceptors (Lipinski definition) is 5. The largest absolute Gasteiger partial charge is 0.436 e. The van der Waals surface area contributed by atoms with Crippen LogP contribution in [0.4, 0.5) is 5.69 Å². The normalized spacial score (nSPS) is 11.2. The van der Waals surface area contributed by atoms with Gasteiger partial charge >= 0.3 is 0 Å². The maximum atomic E-state index is 12.6. The predicted octanol–water partition coefficient (Wildman–Crippen LogP) is 3.91. The van der Waals surface area contributed by atoms with Gasteiger partial charge in [-0.1, -0.05) is 30.3 Å². The number of nitrogens with two attached hydrogens (primary N) is 1. The minimum absolute atomic E-state index is 0.0834. The van der Waals surface area contributed by atoms with Crippen LogP contribution >= 0.6 is 0 Å². The van der Waals surface area contributed by atoms with Gasteiger partial charge in [-0.25, -0.2) is 13.4 Å². The Balaban J connectivity index is 1.53. The SMILES string of the molecule is NC(=O)c1ccc(NS(=O)(=O)c2ccc(-c3ncc(-c4ccccc4)o3)cc2)cc1. The van der Waals surface area contributed by atoms with Gasteiger partial charge in [0.05, 0.1) is 11.1 Å². The Morgan fingerprint density at radius 3 is 2.17 bits per heavy atom. The second-order valence-electron chi connectivity index (χ2n) is 6.47. The van der Waals surface area contributed by atoms with E-state index in [9.17, 15) is 13.2 Å². The summed E-state index contributed by atoms with van der Waals surface area (Å²) in [5, 5.41) is 0. The summed E-state index contributed by atoms with van der Waals surface area (Å²) in [7, 11) is -3.80. The summed E-state index contributed by atoms with van der Waals surface area (Å²) >= 11 is 0. The van der Waals surface area contributed by atoms with Crippen LogP contribution in [0.3, 0.4) is 0 Å². The third kappa shape index (κ3) is 4.08. The minimum atomic E-state index is -3.80. The van der Waals surface area contributed by atoms with E-state index in [1.807, 2.05) is 30.3 Å². The molecule has 30 heavy (non-hydrogen) atoms. The Morgan fingerprint density at radius 2 is 1.53 bits per heavy atom. The van der Waals surface area contributed by atoms with E-state index in [0.29, 0.717) is 28.5 Å². The summed E-state index contributed by atoms with van der Waals surface area (Å²) in [4.78, 5) is 15.5. The first-order chi connectivity index (χ1) is 14.4. The molecule has 4 rings (SSSR count). The Bertz CT molecular complexity index is 1280. The molecule has 1 heterocycles. The molecule has 0 spiro atoms. The Hall–Kier alpha value is -3.91. The number of carbonyl (C=O) groups is 1. The van der Waals surface area contributed by atoms with Crippen molar-refractivity contribution in [2.24, 2.45) is 5.73 Å². The molecular weight excluding hydrogens is 402 g/mol. The smallest absolute Gasteiger partial charge is 0.261 e. The molecule has 0 aliphatic heterocycles. The summed E-state index contributed by atoms with van der Waals surface area (Å²) in [6.07, 6.45) is 1.63. The van der Waals surface area contributed by atoms with E-state index in [4.69, 9.17) is 10.2 Å². The van der Waals surface area contributed by atoms with E-state index in [-0.39, 0.29) is 4.90 Å². The van der Waals surface area contributed by atoms with E-state index >= 15 is 0 Å². The highest BCUT2D eigenvalue weighted by molar-refractivity contribution is 7.92. The number of benzene rings is 3. The number of rotatable bonds is 6. The van der Waals surface area contributed by atoms with Gasteiger partial charge in [-0.3, -0.25) is 9.52 Å². The van der Waals surface area contributed by atoms with Gasteiger partial charge in [0.25, 0.3) is 10.0 Å². The van der Waals surface area contributed by atoms with E-state index in [0.717, 1.165) is 5.56 Å². The number of anilines is 1. The van der Waals surface area contributed by atoms with Crippen LogP contribution in [-0.2, 0) is 10.0 Å². The molecule has 0 bridgehead atoms. The van der Waals surface area contributed by atoms with Gasteiger partial charge in [0.15, 0.2) is 5.76 Å². The maximum Gasteiger partial charge on any atom is 0.261 e. The zero-order valence-corrected chi connectivity index (χ0v) is 16.5. The highest BCUT2D eigenvalue weighted by Crippen LogP contribution is 2.27. The van der Waals surface area contributed by atoms with Crippen molar-refractivity contribution in [1.29, 1.82) is 0 Å². The van der Waals surface area contributed by atoms with Gasteiger partial charge in [-0.2, -0.15) is 0 Å². The molecule has 0 atom stereocenters. The van der Waals surface area contributed by atoms with Crippen LogP contribution in [0.1, 0.15) is 10.4 Å². The molecule has 3 aromatic carbocycles. The quantitative estimate of drug-likeness (QED) is 0.492. The van der Waals surface area contributed by atoms with Gasteiger partial charge in [-0.05, 0) is 48.5 Å². The number of nitrogens with one attached hydrogen (secondary N) is 1. The summed E-state index contributed by atoms with van der Waals surface area (Å²) in [6, 6.07) is 21.6. The molecule has 0 saturated heterocycles. The number of primary amides is 1. The Labute approximate surface area is 173 Å². The molecular formula is C22H17N3O4S. The second-order valence-corrected chi connectivity index (χ2v) is 8.15. The minimum Gasteiger partial charge on any atom is -0.436 e. The van der Waals surface area contributed by atoms with Crippen molar-refractivity contribution in [2.75, 3.05) is 4.72 Å². The van der Waals surface area contributed by atoms with Crippen LogP contribution < -0.4 is 10.5 Å². The maximum absolute atomic E-state index is 12.6. The summed E-state index contributed by atoms with van der Waals surface area (Å²) in [5.41, 5.74) is 7.37. The van der Waals surface area contributed by atoms with Crippen LogP contribution in [0.25, 0.3) is 22.8 Å². The van der Waals surface area contributed by atoms with Gasteiger partial charge in [0.2, 0.25) is 11.8 Å². The second kappa shape index (κ2) is 7.84.